The average Bonchev–Trinajstić information content (AvgIpc) is 3.09. The number of aryl methyl sites for hydroxylation is 1. The molecule has 1 N–H and O–H groups in total. The molecule has 2 amide bonds. The number of nitrogens with one attached hydrogen (secondary N) is 1. The van der Waals surface area contributed by atoms with E-state index >= 15 is 0 Å². The second-order valence-corrected chi connectivity index (χ2v) is 6.98. The van der Waals surface area contributed by atoms with Gasteiger partial charge in [-0.25, -0.2) is 0 Å². The fraction of sp³-hybridized carbons (Fsp3) is 0.364. The number of likely N-dealkylation sites (N-methyl/N-ethyl adjacent to an activating group) is 1. The molecule has 1 fully saturated rings. The lowest BCUT2D eigenvalue weighted by atomic mass is 10.1. The lowest BCUT2D eigenvalue weighted by Crippen LogP contribution is -2.33. The lowest BCUT2D eigenvalue weighted by Gasteiger charge is -2.21. The molecule has 5 heteroatoms. The van der Waals surface area contributed by atoms with Crippen LogP contribution in [-0.4, -0.2) is 36.3 Å². The molecule has 2 aromatic rings. The van der Waals surface area contributed by atoms with Crippen LogP contribution in [0.15, 0.2) is 48.5 Å². The van der Waals surface area contributed by atoms with Crippen LogP contribution in [0.4, 0.5) is 11.4 Å². The molecule has 0 radical (unpaired) electrons. The minimum Gasteiger partial charge on any atom is -0.325 e. The van der Waals surface area contributed by atoms with Crippen molar-refractivity contribution < 1.29 is 9.59 Å². The Labute approximate surface area is 161 Å². The molecule has 3 rings (SSSR count). The molecule has 0 aromatic heterocycles. The van der Waals surface area contributed by atoms with E-state index in [4.69, 9.17) is 0 Å². The Morgan fingerprint density at radius 2 is 2.00 bits per heavy atom. The van der Waals surface area contributed by atoms with E-state index in [9.17, 15) is 9.59 Å². The molecular formula is C22H27N3O2. The molecule has 142 valence electrons. The van der Waals surface area contributed by atoms with Crippen molar-refractivity contribution in [3.8, 4) is 0 Å². The molecular weight excluding hydrogens is 338 g/mol. The zero-order chi connectivity index (χ0) is 19.2. The summed E-state index contributed by atoms with van der Waals surface area (Å²) in [7, 11) is 0. The van der Waals surface area contributed by atoms with Crippen LogP contribution in [0.25, 0.3) is 0 Å². The molecule has 0 aliphatic carbocycles. The predicted octanol–water partition coefficient (Wildman–Crippen LogP) is 3.58. The van der Waals surface area contributed by atoms with Crippen molar-refractivity contribution in [3.05, 3.63) is 59.7 Å². The van der Waals surface area contributed by atoms with Crippen LogP contribution in [0, 0.1) is 6.92 Å². The first-order chi connectivity index (χ1) is 13.1. The van der Waals surface area contributed by atoms with Gasteiger partial charge in [-0.05, 0) is 49.2 Å². The second-order valence-electron chi connectivity index (χ2n) is 6.98. The summed E-state index contributed by atoms with van der Waals surface area (Å²) in [5, 5.41) is 2.97. The molecule has 0 bridgehead atoms. The molecule has 1 saturated heterocycles. The first-order valence-electron chi connectivity index (χ1n) is 9.54. The van der Waals surface area contributed by atoms with Gasteiger partial charge >= 0.3 is 0 Å². The highest BCUT2D eigenvalue weighted by Crippen LogP contribution is 2.24. The molecule has 27 heavy (non-hydrogen) atoms. The number of carbonyl (C=O) groups is 2. The van der Waals surface area contributed by atoms with Crippen molar-refractivity contribution in [3.63, 3.8) is 0 Å². The van der Waals surface area contributed by atoms with Crippen LogP contribution in [0.5, 0.6) is 0 Å². The van der Waals surface area contributed by atoms with Crippen molar-refractivity contribution >= 4 is 23.2 Å². The summed E-state index contributed by atoms with van der Waals surface area (Å²) in [5.74, 6) is 0.101. The van der Waals surface area contributed by atoms with E-state index in [0.29, 0.717) is 13.0 Å². The molecule has 2 aromatic carbocycles. The van der Waals surface area contributed by atoms with Gasteiger partial charge in [-0.3, -0.25) is 14.5 Å². The number of amides is 2. The third-order valence-electron chi connectivity index (χ3n) is 4.98. The highest BCUT2D eigenvalue weighted by molar-refractivity contribution is 5.97. The molecule has 1 heterocycles. The van der Waals surface area contributed by atoms with Crippen molar-refractivity contribution in [2.24, 2.45) is 0 Å². The third kappa shape index (κ3) is 4.95. The van der Waals surface area contributed by atoms with Crippen LogP contribution in [-0.2, 0) is 16.1 Å². The second kappa shape index (κ2) is 8.82. The first kappa shape index (κ1) is 19.1. The van der Waals surface area contributed by atoms with Crippen molar-refractivity contribution in [2.75, 3.05) is 29.9 Å². The fourth-order valence-electron chi connectivity index (χ4n) is 3.38. The molecule has 0 unspecified atom stereocenters. The Kier molecular flexibility index (Phi) is 6.24. The number of nitrogens with zero attached hydrogens (tertiary/aromatic N) is 2. The maximum absolute atomic E-state index is 12.5. The smallest absolute Gasteiger partial charge is 0.238 e. The molecule has 1 aliphatic rings. The van der Waals surface area contributed by atoms with Gasteiger partial charge in [0.15, 0.2) is 0 Å². The van der Waals surface area contributed by atoms with E-state index in [1.165, 1.54) is 11.1 Å². The SMILES string of the molecule is CCN(CC(=O)Nc1cccc(N2CCCC2=O)c1)Cc1ccccc1C. The highest BCUT2D eigenvalue weighted by atomic mass is 16.2. The minimum atomic E-state index is -0.0460. The van der Waals surface area contributed by atoms with Gasteiger partial charge in [0.2, 0.25) is 11.8 Å². The number of anilines is 2. The minimum absolute atomic E-state index is 0.0460. The average molecular weight is 365 g/mol. The van der Waals surface area contributed by atoms with Crippen molar-refractivity contribution in [1.82, 2.24) is 4.90 Å². The fourth-order valence-corrected chi connectivity index (χ4v) is 3.38. The summed E-state index contributed by atoms with van der Waals surface area (Å²) in [6.07, 6.45) is 1.49. The van der Waals surface area contributed by atoms with Gasteiger partial charge < -0.3 is 10.2 Å². The molecule has 0 saturated carbocycles. The summed E-state index contributed by atoms with van der Waals surface area (Å²) < 4.78 is 0. The maximum atomic E-state index is 12.5. The van der Waals surface area contributed by atoms with Gasteiger partial charge in [-0.2, -0.15) is 0 Å². The van der Waals surface area contributed by atoms with E-state index in [1.807, 2.05) is 36.4 Å². The Bertz CT molecular complexity index is 819. The van der Waals surface area contributed by atoms with Crippen LogP contribution < -0.4 is 10.2 Å². The van der Waals surface area contributed by atoms with E-state index < -0.39 is 0 Å². The number of benzene rings is 2. The van der Waals surface area contributed by atoms with Crippen LogP contribution in [0.1, 0.15) is 30.9 Å². The quantitative estimate of drug-likeness (QED) is 0.816. The largest absolute Gasteiger partial charge is 0.325 e. The zero-order valence-corrected chi connectivity index (χ0v) is 16.1. The van der Waals surface area contributed by atoms with Gasteiger partial charge in [-0.1, -0.05) is 37.3 Å². The third-order valence-corrected chi connectivity index (χ3v) is 4.98. The highest BCUT2D eigenvalue weighted by Gasteiger charge is 2.21. The number of hydrogen-bond acceptors (Lipinski definition) is 3. The number of hydrogen-bond donors (Lipinski definition) is 1. The normalized spacial score (nSPS) is 14.0. The van der Waals surface area contributed by atoms with E-state index in [-0.39, 0.29) is 11.8 Å². The molecule has 1 aliphatic heterocycles. The predicted molar refractivity (Wildman–Crippen MR) is 109 cm³/mol. The van der Waals surface area contributed by atoms with Gasteiger partial charge in [0, 0.05) is 30.9 Å². The van der Waals surface area contributed by atoms with Crippen LogP contribution in [0.3, 0.4) is 0 Å². The van der Waals surface area contributed by atoms with E-state index in [2.05, 4.69) is 36.2 Å². The van der Waals surface area contributed by atoms with E-state index in [0.717, 1.165) is 37.4 Å². The number of carbonyl (C=O) groups excluding carboxylic acids is 2. The van der Waals surface area contributed by atoms with Gasteiger partial charge in [0.25, 0.3) is 0 Å². The molecule has 0 spiro atoms. The first-order valence-corrected chi connectivity index (χ1v) is 9.54. The lowest BCUT2D eigenvalue weighted by molar-refractivity contribution is -0.118. The van der Waals surface area contributed by atoms with Crippen LogP contribution in [0.2, 0.25) is 0 Å². The van der Waals surface area contributed by atoms with Crippen LogP contribution >= 0.6 is 0 Å². The summed E-state index contributed by atoms with van der Waals surface area (Å²) in [4.78, 5) is 28.3. The van der Waals surface area contributed by atoms with Gasteiger partial charge in [0.1, 0.15) is 0 Å². The van der Waals surface area contributed by atoms with Crippen molar-refractivity contribution in [2.45, 2.75) is 33.2 Å². The van der Waals surface area contributed by atoms with E-state index in [1.54, 1.807) is 4.90 Å². The Balaban J connectivity index is 1.61. The molecule has 0 atom stereocenters. The van der Waals surface area contributed by atoms with Gasteiger partial charge in [-0.15, -0.1) is 0 Å². The summed E-state index contributed by atoms with van der Waals surface area (Å²) in [5.41, 5.74) is 4.05. The van der Waals surface area contributed by atoms with Crippen molar-refractivity contribution in [1.29, 1.82) is 0 Å². The number of rotatable bonds is 7. The zero-order valence-electron chi connectivity index (χ0n) is 16.1. The summed E-state index contributed by atoms with van der Waals surface area (Å²) >= 11 is 0. The summed E-state index contributed by atoms with van der Waals surface area (Å²) in [6.45, 7) is 6.77. The maximum Gasteiger partial charge on any atom is 0.238 e. The topological polar surface area (TPSA) is 52.7 Å². The Morgan fingerprint density at radius 3 is 2.70 bits per heavy atom. The Hall–Kier alpha value is -2.66. The van der Waals surface area contributed by atoms with Gasteiger partial charge in [0.05, 0.1) is 6.54 Å². The Morgan fingerprint density at radius 1 is 1.19 bits per heavy atom. The summed E-state index contributed by atoms with van der Waals surface area (Å²) in [6, 6.07) is 15.8. The molecule has 5 nitrogen and oxygen atoms in total. The standard InChI is InChI=1S/C22H27N3O2/c1-3-24(15-18-9-5-4-8-17(18)2)16-21(26)23-19-10-6-11-20(14-19)25-13-7-12-22(25)27/h4-6,8-11,14H,3,7,12-13,15-16H2,1-2H3,(H,23,26). The monoisotopic (exact) mass is 365 g/mol.